The number of nitrogens with two attached hydrogens (primary N) is 1. The molecule has 0 bridgehead atoms. The van der Waals surface area contributed by atoms with Gasteiger partial charge in [-0.15, -0.1) is 24.0 Å². The molecule has 0 saturated carbocycles. The Labute approximate surface area is 147 Å². The second kappa shape index (κ2) is 10.3. The van der Waals surface area contributed by atoms with Gasteiger partial charge in [-0.25, -0.2) is 4.39 Å². The molecule has 3 nitrogen and oxygen atoms in total. The molecule has 0 spiro atoms. The molecule has 21 heavy (non-hydrogen) atoms. The van der Waals surface area contributed by atoms with Crippen molar-refractivity contribution in [2.24, 2.45) is 10.7 Å². The van der Waals surface area contributed by atoms with E-state index in [1.165, 1.54) is 25.3 Å². The van der Waals surface area contributed by atoms with E-state index in [0.29, 0.717) is 18.3 Å². The number of halogens is 2. The van der Waals surface area contributed by atoms with E-state index in [1.54, 1.807) is 17.8 Å². The number of likely N-dealkylation sites (tertiary alicyclic amines) is 1. The molecule has 0 unspecified atom stereocenters. The van der Waals surface area contributed by atoms with Crippen LogP contribution in [0.25, 0.3) is 0 Å². The molecule has 0 aromatic heterocycles. The predicted octanol–water partition coefficient (Wildman–Crippen LogP) is 3.48. The van der Waals surface area contributed by atoms with Crippen molar-refractivity contribution >= 4 is 41.7 Å². The van der Waals surface area contributed by atoms with Crippen molar-refractivity contribution < 1.29 is 4.39 Å². The Hall–Kier alpha value is -0.500. The summed E-state index contributed by atoms with van der Waals surface area (Å²) in [5.74, 6) is 2.09. The van der Waals surface area contributed by atoms with E-state index in [0.717, 1.165) is 24.4 Å². The maximum atomic E-state index is 13.4. The van der Waals surface area contributed by atoms with Crippen molar-refractivity contribution in [2.75, 3.05) is 25.4 Å². The Morgan fingerprint density at radius 3 is 2.67 bits per heavy atom. The molecule has 1 aromatic rings. The predicted molar refractivity (Wildman–Crippen MR) is 99.9 cm³/mol. The molecule has 118 valence electrons. The van der Waals surface area contributed by atoms with Crippen molar-refractivity contribution in [3.63, 3.8) is 0 Å². The lowest BCUT2D eigenvalue weighted by Gasteiger charge is -2.27. The average Bonchev–Trinajstić information content (AvgIpc) is 2.49. The molecule has 6 heteroatoms. The zero-order valence-electron chi connectivity index (χ0n) is 12.1. The molecule has 1 saturated heterocycles. The van der Waals surface area contributed by atoms with Gasteiger partial charge in [0.15, 0.2) is 5.96 Å². The van der Waals surface area contributed by atoms with Crippen LogP contribution in [0.5, 0.6) is 0 Å². The van der Waals surface area contributed by atoms with Crippen molar-refractivity contribution in [1.29, 1.82) is 0 Å². The minimum absolute atomic E-state index is 0. The third kappa shape index (κ3) is 6.42. The largest absolute Gasteiger partial charge is 0.370 e. The van der Waals surface area contributed by atoms with E-state index in [1.807, 2.05) is 12.1 Å². The summed E-state index contributed by atoms with van der Waals surface area (Å²) < 4.78 is 13.4. The Balaban J connectivity index is 0.00000220. The van der Waals surface area contributed by atoms with Crippen LogP contribution in [-0.2, 0) is 5.75 Å². The first-order chi connectivity index (χ1) is 9.77. The van der Waals surface area contributed by atoms with Gasteiger partial charge < -0.3 is 10.6 Å². The summed E-state index contributed by atoms with van der Waals surface area (Å²) in [6, 6.07) is 6.91. The summed E-state index contributed by atoms with van der Waals surface area (Å²) in [7, 11) is 0. The number of piperidine rings is 1. The number of guanidine groups is 1. The SMILES string of the molecule is I.NC(=NCCSCc1ccccc1F)N1CCCCC1. The van der Waals surface area contributed by atoms with E-state index < -0.39 is 0 Å². The lowest BCUT2D eigenvalue weighted by Crippen LogP contribution is -2.41. The van der Waals surface area contributed by atoms with E-state index >= 15 is 0 Å². The number of benzene rings is 1. The van der Waals surface area contributed by atoms with Crippen LogP contribution >= 0.6 is 35.7 Å². The summed E-state index contributed by atoms with van der Waals surface area (Å²) >= 11 is 1.69. The van der Waals surface area contributed by atoms with Gasteiger partial charge in [0.05, 0.1) is 6.54 Å². The minimum atomic E-state index is -0.128. The highest BCUT2D eigenvalue weighted by Crippen LogP contribution is 2.15. The van der Waals surface area contributed by atoms with E-state index in [2.05, 4.69) is 9.89 Å². The van der Waals surface area contributed by atoms with Crippen LogP contribution in [0.1, 0.15) is 24.8 Å². The maximum Gasteiger partial charge on any atom is 0.191 e. The molecular weight excluding hydrogens is 400 g/mol. The lowest BCUT2D eigenvalue weighted by atomic mass is 10.1. The van der Waals surface area contributed by atoms with Gasteiger partial charge in [-0.05, 0) is 30.9 Å². The monoisotopic (exact) mass is 423 g/mol. The fraction of sp³-hybridized carbons (Fsp3) is 0.533. The van der Waals surface area contributed by atoms with Crippen LogP contribution in [0.4, 0.5) is 4.39 Å². The van der Waals surface area contributed by atoms with Crippen molar-refractivity contribution in [1.82, 2.24) is 4.90 Å². The van der Waals surface area contributed by atoms with Gasteiger partial charge in [0.2, 0.25) is 0 Å². The van der Waals surface area contributed by atoms with Gasteiger partial charge in [0.25, 0.3) is 0 Å². The highest BCUT2D eigenvalue weighted by molar-refractivity contribution is 14.0. The lowest BCUT2D eigenvalue weighted by molar-refractivity contribution is 0.338. The van der Waals surface area contributed by atoms with Crippen LogP contribution in [-0.4, -0.2) is 36.2 Å². The van der Waals surface area contributed by atoms with Crippen LogP contribution < -0.4 is 5.73 Å². The normalized spacial score (nSPS) is 15.7. The van der Waals surface area contributed by atoms with Gasteiger partial charge in [0.1, 0.15) is 5.82 Å². The first kappa shape index (κ1) is 18.5. The molecule has 0 aliphatic carbocycles. The molecule has 0 atom stereocenters. The Morgan fingerprint density at radius 2 is 1.95 bits per heavy atom. The van der Waals surface area contributed by atoms with Crippen molar-refractivity contribution in [3.8, 4) is 0 Å². The molecule has 0 radical (unpaired) electrons. The van der Waals surface area contributed by atoms with Gasteiger partial charge in [-0.3, -0.25) is 4.99 Å². The standard InChI is InChI=1S/C15H22FN3S.HI/c16-14-7-3-2-6-13(14)12-20-11-8-18-15(17)19-9-4-1-5-10-19;/h2-3,6-7H,1,4-5,8-12H2,(H2,17,18);1H. The van der Waals surface area contributed by atoms with Gasteiger partial charge >= 0.3 is 0 Å². The number of thioether (sulfide) groups is 1. The zero-order valence-corrected chi connectivity index (χ0v) is 15.3. The van der Waals surface area contributed by atoms with E-state index in [9.17, 15) is 4.39 Å². The first-order valence-corrected chi connectivity index (χ1v) is 8.29. The molecule has 1 aliphatic rings. The van der Waals surface area contributed by atoms with E-state index in [4.69, 9.17) is 5.73 Å². The summed E-state index contributed by atoms with van der Waals surface area (Å²) in [4.78, 5) is 6.56. The molecule has 1 heterocycles. The quantitative estimate of drug-likeness (QED) is 0.341. The Morgan fingerprint density at radius 1 is 1.24 bits per heavy atom. The summed E-state index contributed by atoms with van der Waals surface area (Å²) in [6.07, 6.45) is 3.71. The van der Waals surface area contributed by atoms with Crippen molar-refractivity contribution in [2.45, 2.75) is 25.0 Å². The van der Waals surface area contributed by atoms with Crippen LogP contribution in [0.2, 0.25) is 0 Å². The summed E-state index contributed by atoms with van der Waals surface area (Å²) in [5, 5.41) is 0. The maximum absolute atomic E-state index is 13.4. The molecule has 2 rings (SSSR count). The molecule has 2 N–H and O–H groups in total. The fourth-order valence-electron chi connectivity index (χ4n) is 2.25. The van der Waals surface area contributed by atoms with Crippen LogP contribution in [0, 0.1) is 5.82 Å². The number of nitrogens with zero attached hydrogens (tertiary/aromatic N) is 2. The molecule has 0 amide bonds. The van der Waals surface area contributed by atoms with Gasteiger partial charge in [-0.2, -0.15) is 11.8 Å². The highest BCUT2D eigenvalue weighted by Gasteiger charge is 2.11. The van der Waals surface area contributed by atoms with Crippen molar-refractivity contribution in [3.05, 3.63) is 35.6 Å². The average molecular weight is 423 g/mol. The molecule has 1 aromatic carbocycles. The number of aliphatic imine (C=N–C) groups is 1. The first-order valence-electron chi connectivity index (χ1n) is 7.13. The highest BCUT2D eigenvalue weighted by atomic mass is 127. The fourth-order valence-corrected chi connectivity index (χ4v) is 3.06. The van der Waals surface area contributed by atoms with Gasteiger partial charge in [0, 0.05) is 24.6 Å². The number of rotatable bonds is 5. The van der Waals surface area contributed by atoms with Crippen LogP contribution in [0.15, 0.2) is 29.3 Å². The molecule has 1 fully saturated rings. The Bertz CT molecular complexity index is 450. The molecule has 1 aliphatic heterocycles. The third-order valence-corrected chi connectivity index (χ3v) is 4.39. The third-order valence-electron chi connectivity index (χ3n) is 3.40. The van der Waals surface area contributed by atoms with Gasteiger partial charge in [-0.1, -0.05) is 18.2 Å². The topological polar surface area (TPSA) is 41.6 Å². The second-order valence-electron chi connectivity index (χ2n) is 4.93. The summed E-state index contributed by atoms with van der Waals surface area (Å²) in [5.41, 5.74) is 6.73. The van der Waals surface area contributed by atoms with E-state index in [-0.39, 0.29) is 29.8 Å². The molecular formula is C15H23FIN3S. The number of hydrogen-bond donors (Lipinski definition) is 1. The Kier molecular flexibility index (Phi) is 9.07. The smallest absolute Gasteiger partial charge is 0.191 e. The summed E-state index contributed by atoms with van der Waals surface area (Å²) in [6.45, 7) is 2.75. The zero-order chi connectivity index (χ0) is 14.2. The minimum Gasteiger partial charge on any atom is -0.370 e. The number of hydrogen-bond acceptors (Lipinski definition) is 2. The second-order valence-corrected chi connectivity index (χ2v) is 6.04. The van der Waals surface area contributed by atoms with Crippen LogP contribution in [0.3, 0.4) is 0 Å².